The minimum Gasteiger partial charge on any atom is -0.388 e. The van der Waals surface area contributed by atoms with Crippen molar-refractivity contribution in [3.8, 4) is 0 Å². The molecule has 2 rings (SSSR count). The lowest BCUT2D eigenvalue weighted by Crippen LogP contribution is -2.15. The van der Waals surface area contributed by atoms with Gasteiger partial charge in [-0.3, -0.25) is 0 Å². The average molecular weight is 246 g/mol. The van der Waals surface area contributed by atoms with Crippen LogP contribution in [0.1, 0.15) is 69.2 Å². The Morgan fingerprint density at radius 3 is 2.33 bits per heavy atom. The Labute approximate surface area is 111 Å². The molecule has 1 heteroatoms. The van der Waals surface area contributed by atoms with Crippen molar-refractivity contribution >= 4 is 0 Å². The molecule has 0 saturated heterocycles. The lowest BCUT2D eigenvalue weighted by Gasteiger charge is -2.25. The first-order chi connectivity index (χ1) is 8.39. The van der Waals surface area contributed by atoms with Crippen LogP contribution in [0, 0.1) is 12.8 Å². The second-order valence-corrected chi connectivity index (χ2v) is 6.81. The van der Waals surface area contributed by atoms with Crippen molar-refractivity contribution in [3.63, 3.8) is 0 Å². The van der Waals surface area contributed by atoms with Crippen molar-refractivity contribution in [1.82, 2.24) is 0 Å². The Morgan fingerprint density at radius 1 is 1.17 bits per heavy atom. The van der Waals surface area contributed by atoms with Gasteiger partial charge >= 0.3 is 0 Å². The molecule has 1 fully saturated rings. The third kappa shape index (κ3) is 2.77. The molecular weight excluding hydrogens is 220 g/mol. The van der Waals surface area contributed by atoms with Gasteiger partial charge in [0.05, 0.1) is 6.10 Å². The molecule has 0 bridgehead atoms. The molecule has 1 aliphatic carbocycles. The molecule has 0 aliphatic heterocycles. The second kappa shape index (κ2) is 5.05. The first-order valence-electron chi connectivity index (χ1n) is 7.18. The van der Waals surface area contributed by atoms with Crippen molar-refractivity contribution in [2.75, 3.05) is 0 Å². The van der Waals surface area contributed by atoms with E-state index in [0.29, 0.717) is 5.92 Å². The zero-order valence-electron chi connectivity index (χ0n) is 12.2. The Hall–Kier alpha value is -0.820. The van der Waals surface area contributed by atoms with Crippen molar-refractivity contribution in [1.29, 1.82) is 0 Å². The molecule has 1 aromatic rings. The van der Waals surface area contributed by atoms with Crippen molar-refractivity contribution in [2.24, 2.45) is 5.92 Å². The molecule has 1 aliphatic rings. The van der Waals surface area contributed by atoms with E-state index >= 15 is 0 Å². The predicted molar refractivity (Wildman–Crippen MR) is 76.8 cm³/mol. The fourth-order valence-electron chi connectivity index (χ4n) is 2.95. The summed E-state index contributed by atoms with van der Waals surface area (Å²) in [7, 11) is 0. The molecule has 18 heavy (non-hydrogen) atoms. The maximum absolute atomic E-state index is 10.6. The van der Waals surface area contributed by atoms with Crippen LogP contribution in [0.5, 0.6) is 0 Å². The summed E-state index contributed by atoms with van der Waals surface area (Å²) in [5, 5.41) is 10.6. The standard InChI is InChI=1S/C17H26O/c1-12-9-10-14(17(2,3)4)11-15(12)16(18)13-7-5-6-8-13/h9-11,13,16,18H,5-8H2,1-4H3. The molecule has 1 saturated carbocycles. The van der Waals surface area contributed by atoms with E-state index in [4.69, 9.17) is 0 Å². The monoisotopic (exact) mass is 246 g/mol. The molecule has 0 spiro atoms. The summed E-state index contributed by atoms with van der Waals surface area (Å²) in [6.07, 6.45) is 4.65. The molecule has 1 atom stereocenters. The molecule has 1 nitrogen and oxygen atoms in total. The van der Waals surface area contributed by atoms with Crippen LogP contribution < -0.4 is 0 Å². The van der Waals surface area contributed by atoms with Gasteiger partial charge < -0.3 is 5.11 Å². The number of aliphatic hydroxyl groups is 1. The van der Waals surface area contributed by atoms with E-state index < -0.39 is 0 Å². The quantitative estimate of drug-likeness (QED) is 0.813. The molecule has 0 radical (unpaired) electrons. The molecule has 0 amide bonds. The van der Waals surface area contributed by atoms with Gasteiger partial charge in [0, 0.05) is 0 Å². The maximum Gasteiger partial charge on any atom is 0.0820 e. The van der Waals surface area contributed by atoms with Crippen LogP contribution in [0.2, 0.25) is 0 Å². The summed E-state index contributed by atoms with van der Waals surface area (Å²) in [5.41, 5.74) is 3.84. The van der Waals surface area contributed by atoms with Gasteiger partial charge in [-0.05, 0) is 47.8 Å². The lowest BCUT2D eigenvalue weighted by molar-refractivity contribution is 0.111. The lowest BCUT2D eigenvalue weighted by atomic mass is 9.83. The van der Waals surface area contributed by atoms with Crippen LogP contribution in [0.3, 0.4) is 0 Å². The van der Waals surface area contributed by atoms with Gasteiger partial charge in [-0.1, -0.05) is 51.8 Å². The van der Waals surface area contributed by atoms with E-state index in [2.05, 4.69) is 45.9 Å². The molecular formula is C17H26O. The highest BCUT2D eigenvalue weighted by Crippen LogP contribution is 2.38. The fraction of sp³-hybridized carbons (Fsp3) is 0.647. The first-order valence-corrected chi connectivity index (χ1v) is 7.18. The average Bonchev–Trinajstić information content (AvgIpc) is 2.80. The smallest absolute Gasteiger partial charge is 0.0820 e. The van der Waals surface area contributed by atoms with Crippen LogP contribution >= 0.6 is 0 Å². The maximum atomic E-state index is 10.6. The Bertz CT molecular complexity index is 408. The normalized spacial score (nSPS) is 19.2. The third-order valence-electron chi connectivity index (χ3n) is 4.31. The van der Waals surface area contributed by atoms with E-state index in [-0.39, 0.29) is 11.5 Å². The Morgan fingerprint density at radius 2 is 1.78 bits per heavy atom. The van der Waals surface area contributed by atoms with Gasteiger partial charge in [-0.15, -0.1) is 0 Å². The van der Waals surface area contributed by atoms with Crippen molar-refractivity contribution in [3.05, 3.63) is 34.9 Å². The molecule has 1 aromatic carbocycles. The van der Waals surface area contributed by atoms with Crippen LogP contribution in [0.4, 0.5) is 0 Å². The van der Waals surface area contributed by atoms with Crippen LogP contribution in [-0.4, -0.2) is 5.11 Å². The largest absolute Gasteiger partial charge is 0.388 e. The van der Waals surface area contributed by atoms with E-state index in [9.17, 15) is 5.11 Å². The SMILES string of the molecule is Cc1ccc(C(C)(C)C)cc1C(O)C1CCCC1. The number of hydrogen-bond acceptors (Lipinski definition) is 1. The second-order valence-electron chi connectivity index (χ2n) is 6.81. The summed E-state index contributed by atoms with van der Waals surface area (Å²) in [6.45, 7) is 8.79. The summed E-state index contributed by atoms with van der Waals surface area (Å²) in [6, 6.07) is 6.58. The highest BCUT2D eigenvalue weighted by molar-refractivity contribution is 5.36. The summed E-state index contributed by atoms with van der Waals surface area (Å²) in [5.74, 6) is 0.471. The Balaban J connectivity index is 2.31. The number of aliphatic hydroxyl groups excluding tert-OH is 1. The highest BCUT2D eigenvalue weighted by Gasteiger charge is 2.26. The molecule has 1 N–H and O–H groups in total. The van der Waals surface area contributed by atoms with Gasteiger partial charge in [0.2, 0.25) is 0 Å². The fourth-order valence-corrected chi connectivity index (χ4v) is 2.95. The summed E-state index contributed by atoms with van der Waals surface area (Å²) >= 11 is 0. The van der Waals surface area contributed by atoms with E-state index in [1.54, 1.807) is 0 Å². The molecule has 100 valence electrons. The van der Waals surface area contributed by atoms with Gasteiger partial charge in [0.1, 0.15) is 0 Å². The number of aryl methyl sites for hydroxylation is 1. The summed E-state index contributed by atoms with van der Waals surface area (Å²) < 4.78 is 0. The third-order valence-corrected chi connectivity index (χ3v) is 4.31. The van der Waals surface area contributed by atoms with E-state index in [1.807, 2.05) is 0 Å². The minimum atomic E-state index is -0.269. The van der Waals surface area contributed by atoms with Crippen molar-refractivity contribution in [2.45, 2.75) is 64.9 Å². The topological polar surface area (TPSA) is 20.2 Å². The zero-order chi connectivity index (χ0) is 13.3. The van der Waals surface area contributed by atoms with E-state index in [1.165, 1.54) is 36.8 Å². The van der Waals surface area contributed by atoms with Gasteiger partial charge in [-0.25, -0.2) is 0 Å². The highest BCUT2D eigenvalue weighted by atomic mass is 16.3. The number of rotatable bonds is 2. The predicted octanol–water partition coefficient (Wildman–Crippen LogP) is 4.52. The number of hydrogen-bond donors (Lipinski definition) is 1. The van der Waals surface area contributed by atoms with Gasteiger partial charge in [-0.2, -0.15) is 0 Å². The van der Waals surface area contributed by atoms with Crippen molar-refractivity contribution < 1.29 is 5.11 Å². The minimum absolute atomic E-state index is 0.151. The zero-order valence-corrected chi connectivity index (χ0v) is 12.2. The first kappa shape index (κ1) is 13.6. The number of benzene rings is 1. The van der Waals surface area contributed by atoms with E-state index in [0.717, 1.165) is 5.56 Å². The van der Waals surface area contributed by atoms with Crippen LogP contribution in [0.15, 0.2) is 18.2 Å². The van der Waals surface area contributed by atoms with Gasteiger partial charge in [0.15, 0.2) is 0 Å². The Kier molecular flexibility index (Phi) is 3.82. The van der Waals surface area contributed by atoms with Crippen LogP contribution in [0.25, 0.3) is 0 Å². The molecule has 1 unspecified atom stereocenters. The van der Waals surface area contributed by atoms with Crippen LogP contribution in [-0.2, 0) is 5.41 Å². The molecule has 0 aromatic heterocycles. The summed E-state index contributed by atoms with van der Waals surface area (Å²) in [4.78, 5) is 0. The van der Waals surface area contributed by atoms with Gasteiger partial charge in [0.25, 0.3) is 0 Å². The molecule has 0 heterocycles.